The maximum absolute atomic E-state index is 10.2. The minimum Gasteiger partial charge on any atom is -0.379 e. The monoisotopic (exact) mass is 225 g/mol. The number of ether oxygens (including phenoxy) is 1. The van der Waals surface area contributed by atoms with Gasteiger partial charge in [0.15, 0.2) is 5.82 Å². The Morgan fingerprint density at radius 1 is 1.38 bits per heavy atom. The molecule has 0 spiro atoms. The van der Waals surface area contributed by atoms with Gasteiger partial charge in [0.2, 0.25) is 5.89 Å². The fourth-order valence-corrected chi connectivity index (χ4v) is 1.63. The van der Waals surface area contributed by atoms with Crippen molar-refractivity contribution in [3.63, 3.8) is 0 Å². The highest BCUT2D eigenvalue weighted by Gasteiger charge is 2.12. The molecule has 1 fully saturated rings. The van der Waals surface area contributed by atoms with E-state index < -0.39 is 0 Å². The maximum atomic E-state index is 10.2. The van der Waals surface area contributed by atoms with Crippen LogP contribution in [0.3, 0.4) is 0 Å². The predicted octanol–water partition coefficient (Wildman–Crippen LogP) is -0.314. The van der Waals surface area contributed by atoms with Crippen molar-refractivity contribution >= 4 is 6.29 Å². The number of nitrogens with zero attached hydrogens (tertiary/aromatic N) is 3. The van der Waals surface area contributed by atoms with Crippen molar-refractivity contribution in [3.8, 4) is 0 Å². The van der Waals surface area contributed by atoms with Crippen molar-refractivity contribution in [2.24, 2.45) is 0 Å². The van der Waals surface area contributed by atoms with E-state index in [4.69, 9.17) is 9.26 Å². The number of hydrogen-bond donors (Lipinski definition) is 0. The molecule has 0 bridgehead atoms. The summed E-state index contributed by atoms with van der Waals surface area (Å²) in [7, 11) is 0. The lowest BCUT2D eigenvalue weighted by Crippen LogP contribution is -2.37. The Balaban J connectivity index is 1.77. The van der Waals surface area contributed by atoms with E-state index in [1.807, 2.05) is 0 Å². The second-order valence-electron chi connectivity index (χ2n) is 3.68. The first-order valence-corrected chi connectivity index (χ1v) is 5.43. The smallest absolute Gasteiger partial charge is 0.227 e. The number of aromatic nitrogens is 2. The summed E-state index contributed by atoms with van der Waals surface area (Å²) >= 11 is 0. The van der Waals surface area contributed by atoms with Crippen molar-refractivity contribution in [3.05, 3.63) is 11.7 Å². The lowest BCUT2D eigenvalue weighted by molar-refractivity contribution is -0.107. The predicted molar refractivity (Wildman–Crippen MR) is 55.0 cm³/mol. The molecule has 0 amide bonds. The van der Waals surface area contributed by atoms with Gasteiger partial charge in [0.25, 0.3) is 0 Å². The van der Waals surface area contributed by atoms with Gasteiger partial charge in [-0.1, -0.05) is 5.16 Å². The van der Waals surface area contributed by atoms with E-state index in [9.17, 15) is 4.79 Å². The third-order valence-corrected chi connectivity index (χ3v) is 2.52. The minimum absolute atomic E-state index is 0.223. The van der Waals surface area contributed by atoms with Crippen LogP contribution in [0.2, 0.25) is 0 Å². The highest BCUT2D eigenvalue weighted by atomic mass is 16.5. The molecule has 6 heteroatoms. The fourth-order valence-electron chi connectivity index (χ4n) is 1.63. The molecule has 2 rings (SSSR count). The van der Waals surface area contributed by atoms with E-state index in [-0.39, 0.29) is 6.42 Å². The van der Waals surface area contributed by atoms with Gasteiger partial charge in [-0.05, 0) is 0 Å². The van der Waals surface area contributed by atoms with Gasteiger partial charge in [-0.25, -0.2) is 0 Å². The van der Waals surface area contributed by atoms with Crippen molar-refractivity contribution in [2.45, 2.75) is 12.8 Å². The Bertz CT molecular complexity index is 334. The van der Waals surface area contributed by atoms with Crippen molar-refractivity contribution in [2.75, 3.05) is 32.8 Å². The van der Waals surface area contributed by atoms with E-state index in [2.05, 4.69) is 15.0 Å². The molecule has 6 nitrogen and oxygen atoms in total. The summed E-state index contributed by atoms with van der Waals surface area (Å²) in [6.07, 6.45) is 1.73. The molecular formula is C10H15N3O3. The number of hydrogen-bond acceptors (Lipinski definition) is 6. The minimum atomic E-state index is 0.223. The van der Waals surface area contributed by atoms with Gasteiger partial charge in [-0.2, -0.15) is 4.98 Å². The van der Waals surface area contributed by atoms with Crippen LogP contribution < -0.4 is 0 Å². The molecule has 2 heterocycles. The van der Waals surface area contributed by atoms with Crippen LogP contribution in [0.15, 0.2) is 4.52 Å². The van der Waals surface area contributed by atoms with Gasteiger partial charge in [-0.15, -0.1) is 0 Å². The molecule has 0 radical (unpaired) electrons. The van der Waals surface area contributed by atoms with E-state index in [0.717, 1.165) is 45.6 Å². The summed E-state index contributed by atoms with van der Waals surface area (Å²) in [6, 6.07) is 0. The first-order valence-electron chi connectivity index (χ1n) is 5.43. The molecule has 0 atom stereocenters. The standard InChI is InChI=1S/C10H15N3O3/c14-6-2-9-11-10(16-12-9)1-3-13-4-7-15-8-5-13/h6H,1-5,7-8H2. The van der Waals surface area contributed by atoms with Gasteiger partial charge in [0.1, 0.15) is 6.29 Å². The maximum Gasteiger partial charge on any atom is 0.227 e. The van der Waals surface area contributed by atoms with Crippen molar-refractivity contribution < 1.29 is 14.1 Å². The number of rotatable bonds is 5. The van der Waals surface area contributed by atoms with Gasteiger partial charge < -0.3 is 14.1 Å². The number of carbonyl (C=O) groups excluding carboxylic acids is 1. The van der Waals surface area contributed by atoms with Crippen LogP contribution in [0, 0.1) is 0 Å². The fraction of sp³-hybridized carbons (Fsp3) is 0.700. The van der Waals surface area contributed by atoms with Gasteiger partial charge in [-0.3, -0.25) is 4.90 Å². The molecule has 0 N–H and O–H groups in total. The van der Waals surface area contributed by atoms with Gasteiger partial charge in [0.05, 0.1) is 19.6 Å². The summed E-state index contributed by atoms with van der Waals surface area (Å²) in [5, 5.41) is 3.71. The molecular weight excluding hydrogens is 210 g/mol. The molecule has 0 aliphatic carbocycles. The van der Waals surface area contributed by atoms with Crippen LogP contribution in [0.5, 0.6) is 0 Å². The molecule has 0 saturated carbocycles. The van der Waals surface area contributed by atoms with E-state index in [1.54, 1.807) is 0 Å². The number of aldehydes is 1. The molecule has 1 saturated heterocycles. The average Bonchev–Trinajstić information content (AvgIpc) is 2.76. The Morgan fingerprint density at radius 2 is 2.19 bits per heavy atom. The summed E-state index contributed by atoms with van der Waals surface area (Å²) in [5.41, 5.74) is 0. The Hall–Kier alpha value is -1.27. The first kappa shape index (κ1) is 11.2. The topological polar surface area (TPSA) is 68.5 Å². The SMILES string of the molecule is O=CCc1noc(CCN2CCOCC2)n1. The molecule has 1 aliphatic heterocycles. The largest absolute Gasteiger partial charge is 0.379 e. The van der Waals surface area contributed by atoms with E-state index in [1.165, 1.54) is 0 Å². The molecule has 1 aliphatic rings. The molecule has 16 heavy (non-hydrogen) atoms. The van der Waals surface area contributed by atoms with E-state index in [0.29, 0.717) is 11.7 Å². The summed E-state index contributed by atoms with van der Waals surface area (Å²) in [4.78, 5) is 16.7. The summed E-state index contributed by atoms with van der Waals surface area (Å²) in [6.45, 7) is 4.39. The number of carbonyl (C=O) groups is 1. The normalized spacial score (nSPS) is 17.5. The third kappa shape index (κ3) is 3.11. The van der Waals surface area contributed by atoms with Crippen LogP contribution in [0.1, 0.15) is 11.7 Å². The molecule has 88 valence electrons. The van der Waals surface area contributed by atoms with Crippen molar-refractivity contribution in [1.29, 1.82) is 0 Å². The zero-order valence-electron chi connectivity index (χ0n) is 9.09. The second-order valence-corrected chi connectivity index (χ2v) is 3.68. The number of morpholine rings is 1. The van der Waals surface area contributed by atoms with Crippen LogP contribution in [0.25, 0.3) is 0 Å². The lowest BCUT2D eigenvalue weighted by Gasteiger charge is -2.25. The molecule has 0 unspecified atom stereocenters. The highest BCUT2D eigenvalue weighted by Crippen LogP contribution is 2.02. The van der Waals surface area contributed by atoms with Crippen LogP contribution in [0.4, 0.5) is 0 Å². The zero-order chi connectivity index (χ0) is 11.2. The first-order chi connectivity index (χ1) is 7.88. The summed E-state index contributed by atoms with van der Waals surface area (Å²) in [5.74, 6) is 1.07. The average molecular weight is 225 g/mol. The molecule has 1 aromatic rings. The Kier molecular flexibility index (Phi) is 4.01. The van der Waals surface area contributed by atoms with Gasteiger partial charge in [0, 0.05) is 26.1 Å². The third-order valence-electron chi connectivity index (χ3n) is 2.52. The quantitative estimate of drug-likeness (QED) is 0.640. The van der Waals surface area contributed by atoms with Crippen LogP contribution >= 0.6 is 0 Å². The van der Waals surface area contributed by atoms with E-state index >= 15 is 0 Å². The zero-order valence-corrected chi connectivity index (χ0v) is 9.09. The highest BCUT2D eigenvalue weighted by molar-refractivity contribution is 5.52. The van der Waals surface area contributed by atoms with Crippen molar-refractivity contribution in [1.82, 2.24) is 15.0 Å². The molecule has 0 aromatic carbocycles. The Morgan fingerprint density at radius 3 is 2.94 bits per heavy atom. The lowest BCUT2D eigenvalue weighted by atomic mass is 10.3. The van der Waals surface area contributed by atoms with Crippen LogP contribution in [-0.2, 0) is 22.4 Å². The van der Waals surface area contributed by atoms with Crippen LogP contribution in [-0.4, -0.2) is 54.2 Å². The van der Waals surface area contributed by atoms with Gasteiger partial charge >= 0.3 is 0 Å². The second kappa shape index (κ2) is 5.72. The Labute approximate surface area is 93.6 Å². The molecule has 1 aromatic heterocycles. The summed E-state index contributed by atoms with van der Waals surface area (Å²) < 4.78 is 10.3.